The van der Waals surface area contributed by atoms with Crippen LogP contribution in [0.4, 0.5) is 0 Å². The number of nitrogens with zero attached hydrogens (tertiary/aromatic N) is 1. The van der Waals surface area contributed by atoms with Crippen LogP contribution in [0.25, 0.3) is 0 Å². The first kappa shape index (κ1) is 14.6. The molecule has 2 aromatic rings. The Kier molecular flexibility index (Phi) is 4.80. The summed E-state index contributed by atoms with van der Waals surface area (Å²) in [5, 5.41) is 0. The molecule has 2 heteroatoms. The summed E-state index contributed by atoms with van der Waals surface area (Å²) < 4.78 is 5.27. The zero-order valence-electron chi connectivity index (χ0n) is 12.8. The molecule has 0 aliphatic carbocycles. The van der Waals surface area contributed by atoms with E-state index in [0.717, 1.165) is 18.8 Å². The van der Waals surface area contributed by atoms with Gasteiger partial charge in [0.25, 0.3) is 0 Å². The quantitative estimate of drug-likeness (QED) is 0.815. The number of ether oxygens (including phenoxy) is 1. The zero-order chi connectivity index (χ0) is 14.5. The SMILES string of the molecule is COc1cccc(CN(C)Cc2cc(C)ccc2C)c1. The highest BCUT2D eigenvalue weighted by molar-refractivity contribution is 5.31. The van der Waals surface area contributed by atoms with Crippen molar-refractivity contribution >= 4 is 0 Å². The number of hydrogen-bond donors (Lipinski definition) is 0. The third-order valence-electron chi connectivity index (χ3n) is 3.53. The molecular formula is C18H23NO. The fourth-order valence-corrected chi connectivity index (χ4v) is 2.40. The van der Waals surface area contributed by atoms with Gasteiger partial charge in [-0.25, -0.2) is 0 Å². The van der Waals surface area contributed by atoms with Crippen LogP contribution in [0.5, 0.6) is 5.75 Å². The second-order valence-corrected chi connectivity index (χ2v) is 5.45. The van der Waals surface area contributed by atoms with Crippen LogP contribution in [-0.4, -0.2) is 19.1 Å². The summed E-state index contributed by atoms with van der Waals surface area (Å²) in [6.07, 6.45) is 0. The second-order valence-electron chi connectivity index (χ2n) is 5.45. The van der Waals surface area contributed by atoms with Crippen LogP contribution < -0.4 is 4.74 Å². The standard InChI is InChI=1S/C18H23NO/c1-14-8-9-15(2)17(10-14)13-19(3)12-16-6-5-7-18(11-16)20-4/h5-11H,12-13H2,1-4H3. The van der Waals surface area contributed by atoms with E-state index in [1.165, 1.54) is 22.3 Å². The summed E-state index contributed by atoms with van der Waals surface area (Å²) in [5.74, 6) is 0.919. The average molecular weight is 269 g/mol. The summed E-state index contributed by atoms with van der Waals surface area (Å²) in [4.78, 5) is 2.33. The molecule has 2 rings (SSSR count). The molecule has 20 heavy (non-hydrogen) atoms. The van der Waals surface area contributed by atoms with E-state index in [1.807, 2.05) is 12.1 Å². The Morgan fingerprint density at radius 3 is 2.55 bits per heavy atom. The first-order valence-corrected chi connectivity index (χ1v) is 6.96. The molecule has 0 radical (unpaired) electrons. The van der Waals surface area contributed by atoms with E-state index in [-0.39, 0.29) is 0 Å². The lowest BCUT2D eigenvalue weighted by molar-refractivity contribution is 0.317. The minimum absolute atomic E-state index is 0.919. The minimum atomic E-state index is 0.919. The number of aryl methyl sites for hydroxylation is 2. The molecule has 0 spiro atoms. The van der Waals surface area contributed by atoms with E-state index in [1.54, 1.807) is 7.11 Å². The Bertz CT molecular complexity index is 577. The van der Waals surface area contributed by atoms with Crippen molar-refractivity contribution < 1.29 is 4.74 Å². The number of rotatable bonds is 5. The normalized spacial score (nSPS) is 10.8. The molecule has 2 nitrogen and oxygen atoms in total. The van der Waals surface area contributed by atoms with Gasteiger partial charge < -0.3 is 4.74 Å². The molecule has 0 heterocycles. The monoisotopic (exact) mass is 269 g/mol. The molecule has 0 aromatic heterocycles. The van der Waals surface area contributed by atoms with E-state index in [2.05, 4.69) is 56.1 Å². The Hall–Kier alpha value is -1.80. The van der Waals surface area contributed by atoms with Gasteiger partial charge >= 0.3 is 0 Å². The molecule has 0 bridgehead atoms. The van der Waals surface area contributed by atoms with Crippen LogP contribution in [0.2, 0.25) is 0 Å². The number of hydrogen-bond acceptors (Lipinski definition) is 2. The van der Waals surface area contributed by atoms with Gasteiger partial charge in [-0.1, -0.05) is 35.9 Å². The molecule has 0 unspecified atom stereocenters. The van der Waals surface area contributed by atoms with Gasteiger partial charge in [0.2, 0.25) is 0 Å². The molecule has 106 valence electrons. The Balaban J connectivity index is 2.04. The highest BCUT2D eigenvalue weighted by Crippen LogP contribution is 2.17. The average Bonchev–Trinajstić information content (AvgIpc) is 2.43. The first-order chi connectivity index (χ1) is 9.58. The van der Waals surface area contributed by atoms with Crippen molar-refractivity contribution in [3.05, 3.63) is 64.7 Å². The molecule has 0 aliphatic rings. The predicted octanol–water partition coefficient (Wildman–Crippen LogP) is 3.94. The Labute approximate surface area is 122 Å². The highest BCUT2D eigenvalue weighted by Gasteiger charge is 2.05. The van der Waals surface area contributed by atoms with Crippen molar-refractivity contribution in [3.8, 4) is 5.75 Å². The largest absolute Gasteiger partial charge is 0.497 e. The minimum Gasteiger partial charge on any atom is -0.497 e. The summed E-state index contributed by atoms with van der Waals surface area (Å²) in [6.45, 7) is 6.20. The maximum atomic E-state index is 5.27. The van der Waals surface area contributed by atoms with Crippen molar-refractivity contribution in [2.24, 2.45) is 0 Å². The number of methoxy groups -OCH3 is 1. The van der Waals surface area contributed by atoms with Gasteiger partial charge in [0.05, 0.1) is 7.11 Å². The first-order valence-electron chi connectivity index (χ1n) is 6.96. The van der Waals surface area contributed by atoms with E-state index < -0.39 is 0 Å². The van der Waals surface area contributed by atoms with Gasteiger partial charge in [-0.2, -0.15) is 0 Å². The molecular weight excluding hydrogens is 246 g/mol. The Morgan fingerprint density at radius 1 is 1.00 bits per heavy atom. The lowest BCUT2D eigenvalue weighted by Crippen LogP contribution is -2.18. The van der Waals surface area contributed by atoms with Crippen LogP contribution >= 0.6 is 0 Å². The van der Waals surface area contributed by atoms with Crippen molar-refractivity contribution in [2.75, 3.05) is 14.2 Å². The zero-order valence-corrected chi connectivity index (χ0v) is 12.8. The smallest absolute Gasteiger partial charge is 0.119 e. The molecule has 0 N–H and O–H groups in total. The topological polar surface area (TPSA) is 12.5 Å². The second kappa shape index (κ2) is 6.58. The molecule has 2 aromatic carbocycles. The molecule has 0 atom stereocenters. The summed E-state index contributed by atoms with van der Waals surface area (Å²) in [5.41, 5.74) is 5.35. The van der Waals surface area contributed by atoms with Crippen molar-refractivity contribution in [2.45, 2.75) is 26.9 Å². The van der Waals surface area contributed by atoms with Crippen molar-refractivity contribution in [1.29, 1.82) is 0 Å². The van der Waals surface area contributed by atoms with Crippen LogP contribution in [-0.2, 0) is 13.1 Å². The predicted molar refractivity (Wildman–Crippen MR) is 84.1 cm³/mol. The van der Waals surface area contributed by atoms with Crippen molar-refractivity contribution in [3.63, 3.8) is 0 Å². The van der Waals surface area contributed by atoms with Gasteiger partial charge in [-0.05, 0) is 49.7 Å². The maximum absolute atomic E-state index is 5.27. The molecule has 0 saturated carbocycles. The lowest BCUT2D eigenvalue weighted by atomic mass is 10.1. The van der Waals surface area contributed by atoms with E-state index in [9.17, 15) is 0 Å². The van der Waals surface area contributed by atoms with Crippen LogP contribution in [0.3, 0.4) is 0 Å². The number of benzene rings is 2. The van der Waals surface area contributed by atoms with Crippen molar-refractivity contribution in [1.82, 2.24) is 4.90 Å². The molecule has 0 aliphatic heterocycles. The lowest BCUT2D eigenvalue weighted by Gasteiger charge is -2.19. The van der Waals surface area contributed by atoms with Crippen LogP contribution in [0, 0.1) is 13.8 Å². The third-order valence-corrected chi connectivity index (χ3v) is 3.53. The van der Waals surface area contributed by atoms with Gasteiger partial charge in [0.1, 0.15) is 5.75 Å². The van der Waals surface area contributed by atoms with Gasteiger partial charge in [0, 0.05) is 13.1 Å². The van der Waals surface area contributed by atoms with Gasteiger partial charge in [-0.15, -0.1) is 0 Å². The summed E-state index contributed by atoms with van der Waals surface area (Å²) in [6, 6.07) is 14.9. The molecule has 0 fully saturated rings. The van der Waals surface area contributed by atoms with Crippen LogP contribution in [0.15, 0.2) is 42.5 Å². The third kappa shape index (κ3) is 3.84. The van der Waals surface area contributed by atoms with Crippen LogP contribution in [0.1, 0.15) is 22.3 Å². The van der Waals surface area contributed by atoms with Gasteiger partial charge in [-0.3, -0.25) is 4.90 Å². The van der Waals surface area contributed by atoms with Gasteiger partial charge in [0.15, 0.2) is 0 Å². The molecule has 0 amide bonds. The Morgan fingerprint density at radius 2 is 1.80 bits per heavy atom. The summed E-state index contributed by atoms with van der Waals surface area (Å²) >= 11 is 0. The maximum Gasteiger partial charge on any atom is 0.119 e. The molecule has 0 saturated heterocycles. The van der Waals surface area contributed by atoms with E-state index >= 15 is 0 Å². The fraction of sp³-hybridized carbons (Fsp3) is 0.333. The highest BCUT2D eigenvalue weighted by atomic mass is 16.5. The fourth-order valence-electron chi connectivity index (χ4n) is 2.40. The van der Waals surface area contributed by atoms with E-state index in [4.69, 9.17) is 4.74 Å². The summed E-state index contributed by atoms with van der Waals surface area (Å²) in [7, 11) is 3.86. The van der Waals surface area contributed by atoms with E-state index in [0.29, 0.717) is 0 Å².